The van der Waals surface area contributed by atoms with Crippen LogP contribution in [0.25, 0.3) is 11.3 Å². The number of benzene rings is 1. The summed E-state index contributed by atoms with van der Waals surface area (Å²) in [4.78, 5) is 7.62. The van der Waals surface area contributed by atoms with Gasteiger partial charge in [-0.25, -0.2) is 4.98 Å². The van der Waals surface area contributed by atoms with Crippen molar-refractivity contribution in [3.63, 3.8) is 0 Å². The fourth-order valence-corrected chi connectivity index (χ4v) is 1.83. The SMILES string of the molecule is CCCNCc1ncc(-c2cccc(Cl)c2)[nH]1. The Labute approximate surface area is 106 Å². The Morgan fingerprint density at radius 3 is 3.06 bits per heavy atom. The van der Waals surface area contributed by atoms with Crippen LogP contribution in [0.3, 0.4) is 0 Å². The topological polar surface area (TPSA) is 40.7 Å². The van der Waals surface area contributed by atoms with Crippen molar-refractivity contribution in [1.29, 1.82) is 0 Å². The van der Waals surface area contributed by atoms with Gasteiger partial charge in [0.1, 0.15) is 5.82 Å². The lowest BCUT2D eigenvalue weighted by atomic mass is 10.2. The second-order valence-electron chi connectivity index (χ2n) is 3.93. The molecule has 0 fully saturated rings. The molecular formula is C13H16ClN3. The minimum Gasteiger partial charge on any atom is -0.341 e. The molecule has 0 saturated heterocycles. The first-order valence-corrected chi connectivity index (χ1v) is 6.18. The molecule has 0 radical (unpaired) electrons. The van der Waals surface area contributed by atoms with Crippen LogP contribution in [-0.4, -0.2) is 16.5 Å². The van der Waals surface area contributed by atoms with Crippen molar-refractivity contribution in [2.24, 2.45) is 0 Å². The number of aromatic amines is 1. The van der Waals surface area contributed by atoms with Gasteiger partial charge in [0.15, 0.2) is 0 Å². The van der Waals surface area contributed by atoms with E-state index in [4.69, 9.17) is 11.6 Å². The molecule has 0 aliphatic carbocycles. The van der Waals surface area contributed by atoms with E-state index in [2.05, 4.69) is 22.2 Å². The zero-order valence-corrected chi connectivity index (χ0v) is 10.6. The van der Waals surface area contributed by atoms with Crippen molar-refractivity contribution in [1.82, 2.24) is 15.3 Å². The molecule has 0 unspecified atom stereocenters. The molecule has 3 nitrogen and oxygen atoms in total. The number of hydrogen-bond donors (Lipinski definition) is 2. The molecule has 0 saturated carbocycles. The van der Waals surface area contributed by atoms with E-state index in [1.54, 1.807) is 0 Å². The molecule has 90 valence electrons. The van der Waals surface area contributed by atoms with Gasteiger partial charge in [-0.2, -0.15) is 0 Å². The quantitative estimate of drug-likeness (QED) is 0.799. The molecule has 1 aromatic heterocycles. The third-order valence-corrected chi connectivity index (χ3v) is 2.72. The van der Waals surface area contributed by atoms with Crippen LogP contribution in [0.4, 0.5) is 0 Å². The van der Waals surface area contributed by atoms with Gasteiger partial charge in [-0.15, -0.1) is 0 Å². The summed E-state index contributed by atoms with van der Waals surface area (Å²) < 4.78 is 0. The molecule has 0 aliphatic heterocycles. The molecule has 4 heteroatoms. The predicted molar refractivity (Wildman–Crippen MR) is 71.0 cm³/mol. The third kappa shape index (κ3) is 3.32. The second kappa shape index (κ2) is 5.84. The normalized spacial score (nSPS) is 10.7. The summed E-state index contributed by atoms with van der Waals surface area (Å²) in [5.41, 5.74) is 2.06. The Hall–Kier alpha value is -1.32. The largest absolute Gasteiger partial charge is 0.341 e. The Bertz CT molecular complexity index is 479. The minimum atomic E-state index is 0.739. The number of H-pyrrole nitrogens is 1. The summed E-state index contributed by atoms with van der Waals surface area (Å²) in [6.07, 6.45) is 2.97. The van der Waals surface area contributed by atoms with Gasteiger partial charge >= 0.3 is 0 Å². The second-order valence-corrected chi connectivity index (χ2v) is 4.37. The summed E-state index contributed by atoms with van der Waals surface area (Å²) in [6, 6.07) is 7.75. The summed E-state index contributed by atoms with van der Waals surface area (Å²) in [7, 11) is 0. The molecule has 2 rings (SSSR count). The van der Waals surface area contributed by atoms with Crippen molar-refractivity contribution in [3.05, 3.63) is 41.3 Å². The lowest BCUT2D eigenvalue weighted by Crippen LogP contribution is -2.14. The van der Waals surface area contributed by atoms with Crippen LogP contribution in [0.2, 0.25) is 5.02 Å². The summed E-state index contributed by atoms with van der Waals surface area (Å²) in [5.74, 6) is 0.952. The number of nitrogens with one attached hydrogen (secondary N) is 2. The highest BCUT2D eigenvalue weighted by Crippen LogP contribution is 2.20. The zero-order valence-electron chi connectivity index (χ0n) is 9.83. The maximum atomic E-state index is 5.96. The van der Waals surface area contributed by atoms with E-state index < -0.39 is 0 Å². The zero-order chi connectivity index (χ0) is 12.1. The van der Waals surface area contributed by atoms with Gasteiger partial charge in [0.05, 0.1) is 18.4 Å². The van der Waals surface area contributed by atoms with E-state index >= 15 is 0 Å². The Morgan fingerprint density at radius 1 is 1.41 bits per heavy atom. The van der Waals surface area contributed by atoms with Gasteiger partial charge in [0.2, 0.25) is 0 Å². The average Bonchev–Trinajstić information content (AvgIpc) is 2.78. The van der Waals surface area contributed by atoms with Crippen molar-refractivity contribution >= 4 is 11.6 Å². The first kappa shape index (κ1) is 12.1. The number of halogens is 1. The highest BCUT2D eigenvalue weighted by Gasteiger charge is 2.03. The summed E-state index contributed by atoms with van der Waals surface area (Å²) in [5, 5.41) is 4.05. The molecule has 1 heterocycles. The van der Waals surface area contributed by atoms with E-state index in [0.29, 0.717) is 0 Å². The number of nitrogens with zero attached hydrogens (tertiary/aromatic N) is 1. The van der Waals surface area contributed by atoms with Crippen molar-refractivity contribution in [3.8, 4) is 11.3 Å². The molecule has 0 amide bonds. The molecule has 0 atom stereocenters. The Balaban J connectivity index is 2.07. The van der Waals surface area contributed by atoms with Crippen molar-refractivity contribution < 1.29 is 0 Å². The maximum absolute atomic E-state index is 5.96. The average molecular weight is 250 g/mol. The van der Waals surface area contributed by atoms with Crippen LogP contribution in [0.1, 0.15) is 19.2 Å². The standard InChI is InChI=1S/C13H16ClN3/c1-2-6-15-9-13-16-8-12(17-13)10-4-3-5-11(14)7-10/h3-5,7-8,15H,2,6,9H2,1H3,(H,16,17). The van der Waals surface area contributed by atoms with Crippen LogP contribution in [0.5, 0.6) is 0 Å². The smallest absolute Gasteiger partial charge is 0.120 e. The van der Waals surface area contributed by atoms with E-state index in [1.165, 1.54) is 0 Å². The Morgan fingerprint density at radius 2 is 2.29 bits per heavy atom. The molecule has 17 heavy (non-hydrogen) atoms. The lowest BCUT2D eigenvalue weighted by Gasteiger charge is -2.00. The van der Waals surface area contributed by atoms with Crippen molar-refractivity contribution in [2.75, 3.05) is 6.54 Å². The molecule has 2 N–H and O–H groups in total. The van der Waals surface area contributed by atoms with Crippen molar-refractivity contribution in [2.45, 2.75) is 19.9 Å². The van der Waals surface area contributed by atoms with Gasteiger partial charge in [0, 0.05) is 10.6 Å². The molecular weight excluding hydrogens is 234 g/mol. The van der Waals surface area contributed by atoms with Gasteiger partial charge in [-0.1, -0.05) is 30.7 Å². The number of hydrogen-bond acceptors (Lipinski definition) is 2. The van der Waals surface area contributed by atoms with E-state index in [1.807, 2.05) is 30.5 Å². The van der Waals surface area contributed by atoms with Crippen LogP contribution < -0.4 is 5.32 Å². The van der Waals surface area contributed by atoms with Crippen LogP contribution in [-0.2, 0) is 6.54 Å². The monoisotopic (exact) mass is 249 g/mol. The first-order chi connectivity index (χ1) is 8.29. The van der Waals surface area contributed by atoms with E-state index in [-0.39, 0.29) is 0 Å². The predicted octanol–water partition coefficient (Wildman–Crippen LogP) is 3.23. The summed E-state index contributed by atoms with van der Waals surface area (Å²) in [6.45, 7) is 3.92. The lowest BCUT2D eigenvalue weighted by molar-refractivity contribution is 0.655. The fraction of sp³-hybridized carbons (Fsp3) is 0.308. The Kier molecular flexibility index (Phi) is 4.18. The summed E-state index contributed by atoms with van der Waals surface area (Å²) >= 11 is 5.96. The third-order valence-electron chi connectivity index (χ3n) is 2.48. The highest BCUT2D eigenvalue weighted by molar-refractivity contribution is 6.30. The number of imidazole rings is 1. The first-order valence-electron chi connectivity index (χ1n) is 5.80. The van der Waals surface area contributed by atoms with Crippen LogP contribution in [0, 0.1) is 0 Å². The van der Waals surface area contributed by atoms with Gasteiger partial charge in [-0.3, -0.25) is 0 Å². The van der Waals surface area contributed by atoms with Gasteiger partial charge in [0.25, 0.3) is 0 Å². The van der Waals surface area contributed by atoms with E-state index in [0.717, 1.165) is 41.6 Å². The molecule has 0 spiro atoms. The van der Waals surface area contributed by atoms with Gasteiger partial charge in [-0.05, 0) is 25.1 Å². The number of rotatable bonds is 5. The molecule has 2 aromatic rings. The van der Waals surface area contributed by atoms with E-state index in [9.17, 15) is 0 Å². The molecule has 0 bridgehead atoms. The fourth-order valence-electron chi connectivity index (χ4n) is 1.64. The molecule has 0 aliphatic rings. The van der Waals surface area contributed by atoms with Gasteiger partial charge < -0.3 is 10.3 Å². The number of aromatic nitrogens is 2. The highest BCUT2D eigenvalue weighted by atomic mass is 35.5. The minimum absolute atomic E-state index is 0.739. The maximum Gasteiger partial charge on any atom is 0.120 e. The van der Waals surface area contributed by atoms with Crippen LogP contribution >= 0.6 is 11.6 Å². The van der Waals surface area contributed by atoms with Crippen LogP contribution in [0.15, 0.2) is 30.5 Å². The molecule has 1 aromatic carbocycles.